The Balaban J connectivity index is 1.85. The van der Waals surface area contributed by atoms with Crippen LogP contribution in [0.25, 0.3) is 0 Å². The maximum absolute atomic E-state index is 5.57. The van der Waals surface area contributed by atoms with Crippen LogP contribution in [0.15, 0.2) is 0 Å². The van der Waals surface area contributed by atoms with Crippen molar-refractivity contribution in [3.05, 3.63) is 0 Å². The van der Waals surface area contributed by atoms with Gasteiger partial charge >= 0.3 is 0 Å². The van der Waals surface area contributed by atoms with Crippen molar-refractivity contribution < 1.29 is 0 Å². The van der Waals surface area contributed by atoms with E-state index in [0.29, 0.717) is 6.04 Å². The molecule has 0 aromatic carbocycles. The Morgan fingerprint density at radius 2 is 2.17 bits per heavy atom. The first-order chi connectivity index (χ1) is 5.92. The van der Waals surface area contributed by atoms with Gasteiger partial charge in [-0.3, -0.25) is 11.3 Å². The Morgan fingerprint density at radius 1 is 1.33 bits per heavy atom. The Morgan fingerprint density at radius 3 is 2.67 bits per heavy atom. The van der Waals surface area contributed by atoms with Crippen LogP contribution in [-0.2, 0) is 0 Å². The predicted octanol–water partition coefficient (Wildman–Crippen LogP) is 1.08. The van der Waals surface area contributed by atoms with Gasteiger partial charge in [0.15, 0.2) is 0 Å². The second kappa shape index (κ2) is 4.22. The summed E-state index contributed by atoms with van der Waals surface area (Å²) in [5, 5.41) is 0.765. The summed E-state index contributed by atoms with van der Waals surface area (Å²) in [6.07, 6.45) is 2.77. The number of hydrogen-bond donors (Lipinski definition) is 2. The SMILES string of the molecule is NNC(C1CC1)C1CSCCS1. The zero-order valence-electron chi connectivity index (χ0n) is 7.16. The minimum atomic E-state index is 0.586. The Bertz CT molecular complexity index is 144. The van der Waals surface area contributed by atoms with Gasteiger partial charge in [-0.2, -0.15) is 23.5 Å². The molecule has 0 spiro atoms. The summed E-state index contributed by atoms with van der Waals surface area (Å²) >= 11 is 4.18. The van der Waals surface area contributed by atoms with Crippen LogP contribution in [0.3, 0.4) is 0 Å². The Hall–Kier alpha value is 0.620. The minimum absolute atomic E-state index is 0.586. The molecule has 2 rings (SSSR count). The van der Waals surface area contributed by atoms with Crippen LogP contribution in [0.4, 0.5) is 0 Å². The molecule has 0 aromatic rings. The summed E-state index contributed by atoms with van der Waals surface area (Å²) in [4.78, 5) is 0. The average Bonchev–Trinajstić information content (AvgIpc) is 2.92. The van der Waals surface area contributed by atoms with Crippen LogP contribution in [0.2, 0.25) is 0 Å². The molecule has 1 aliphatic carbocycles. The number of hydrogen-bond acceptors (Lipinski definition) is 4. The van der Waals surface area contributed by atoms with Crippen LogP contribution in [0, 0.1) is 5.92 Å². The highest BCUT2D eigenvalue weighted by Crippen LogP contribution is 2.39. The molecular formula is C8H16N2S2. The monoisotopic (exact) mass is 204 g/mol. The molecule has 4 heteroatoms. The number of nitrogens with one attached hydrogen (secondary N) is 1. The maximum Gasteiger partial charge on any atom is 0.0365 e. The van der Waals surface area contributed by atoms with Gasteiger partial charge in [-0.15, -0.1) is 0 Å². The lowest BCUT2D eigenvalue weighted by Crippen LogP contribution is -2.46. The van der Waals surface area contributed by atoms with Crippen LogP contribution in [0.1, 0.15) is 12.8 Å². The molecule has 3 N–H and O–H groups in total. The largest absolute Gasteiger partial charge is 0.271 e. The van der Waals surface area contributed by atoms with E-state index < -0.39 is 0 Å². The van der Waals surface area contributed by atoms with E-state index in [-0.39, 0.29) is 0 Å². The van der Waals surface area contributed by atoms with Crippen molar-refractivity contribution in [1.82, 2.24) is 5.43 Å². The maximum atomic E-state index is 5.57. The van der Waals surface area contributed by atoms with Crippen LogP contribution < -0.4 is 11.3 Å². The molecule has 1 heterocycles. The molecule has 0 aromatic heterocycles. The second-order valence-electron chi connectivity index (χ2n) is 3.51. The molecule has 70 valence electrons. The van der Waals surface area contributed by atoms with E-state index in [4.69, 9.17) is 5.84 Å². The van der Waals surface area contributed by atoms with Gasteiger partial charge in [-0.25, -0.2) is 0 Å². The van der Waals surface area contributed by atoms with Gasteiger partial charge in [0.25, 0.3) is 0 Å². The zero-order chi connectivity index (χ0) is 8.39. The predicted molar refractivity (Wildman–Crippen MR) is 57.4 cm³/mol. The van der Waals surface area contributed by atoms with E-state index in [0.717, 1.165) is 11.2 Å². The normalized spacial score (nSPS) is 33.2. The standard InChI is InChI=1S/C8H16N2S2/c9-10-8(6-1-2-6)7-5-11-3-4-12-7/h6-8,10H,1-5,9H2. The first-order valence-electron chi connectivity index (χ1n) is 4.57. The van der Waals surface area contributed by atoms with Gasteiger partial charge in [0.2, 0.25) is 0 Å². The van der Waals surface area contributed by atoms with Crippen molar-refractivity contribution in [1.29, 1.82) is 0 Å². The first-order valence-corrected chi connectivity index (χ1v) is 6.77. The minimum Gasteiger partial charge on any atom is -0.271 e. The topological polar surface area (TPSA) is 38.0 Å². The lowest BCUT2D eigenvalue weighted by atomic mass is 10.1. The van der Waals surface area contributed by atoms with Crippen LogP contribution in [0.5, 0.6) is 0 Å². The third-order valence-electron chi connectivity index (χ3n) is 2.56. The van der Waals surface area contributed by atoms with Crippen molar-refractivity contribution in [3.63, 3.8) is 0 Å². The highest BCUT2D eigenvalue weighted by atomic mass is 32.2. The van der Waals surface area contributed by atoms with Crippen LogP contribution in [-0.4, -0.2) is 28.6 Å². The molecule has 2 atom stereocenters. The Kier molecular flexibility index (Phi) is 3.23. The summed E-state index contributed by atoms with van der Waals surface area (Å²) in [7, 11) is 0. The van der Waals surface area contributed by atoms with E-state index in [1.54, 1.807) is 0 Å². The molecule has 0 bridgehead atoms. The average molecular weight is 204 g/mol. The quantitative estimate of drug-likeness (QED) is 0.533. The van der Waals surface area contributed by atoms with Crippen molar-refractivity contribution in [2.45, 2.75) is 24.1 Å². The Labute approximate surface area is 82.4 Å². The summed E-state index contributed by atoms with van der Waals surface area (Å²) < 4.78 is 0. The van der Waals surface area contributed by atoms with Gasteiger partial charge < -0.3 is 0 Å². The van der Waals surface area contributed by atoms with E-state index in [9.17, 15) is 0 Å². The van der Waals surface area contributed by atoms with Crippen molar-refractivity contribution in [2.24, 2.45) is 11.8 Å². The van der Waals surface area contributed by atoms with Crippen molar-refractivity contribution in [3.8, 4) is 0 Å². The molecule has 0 radical (unpaired) electrons. The fraction of sp³-hybridized carbons (Fsp3) is 1.00. The number of nitrogens with two attached hydrogens (primary N) is 1. The van der Waals surface area contributed by atoms with E-state index in [2.05, 4.69) is 28.9 Å². The molecular weight excluding hydrogens is 188 g/mol. The fourth-order valence-electron chi connectivity index (χ4n) is 1.72. The van der Waals surface area contributed by atoms with Crippen LogP contribution >= 0.6 is 23.5 Å². The smallest absolute Gasteiger partial charge is 0.0365 e. The third-order valence-corrected chi connectivity index (χ3v) is 5.45. The van der Waals surface area contributed by atoms with Gasteiger partial charge in [0, 0.05) is 28.6 Å². The molecule has 1 aliphatic heterocycles. The summed E-state index contributed by atoms with van der Waals surface area (Å²) in [6.45, 7) is 0. The number of thioether (sulfide) groups is 2. The summed E-state index contributed by atoms with van der Waals surface area (Å²) in [5.41, 5.74) is 3.00. The van der Waals surface area contributed by atoms with E-state index in [1.807, 2.05) is 0 Å². The van der Waals surface area contributed by atoms with Gasteiger partial charge in [-0.05, 0) is 18.8 Å². The molecule has 2 unspecified atom stereocenters. The molecule has 0 amide bonds. The molecule has 12 heavy (non-hydrogen) atoms. The highest BCUT2D eigenvalue weighted by molar-refractivity contribution is 8.06. The van der Waals surface area contributed by atoms with Crippen molar-refractivity contribution >= 4 is 23.5 Å². The van der Waals surface area contributed by atoms with E-state index in [1.165, 1.54) is 30.1 Å². The first kappa shape index (κ1) is 9.19. The molecule has 2 aliphatic rings. The zero-order valence-corrected chi connectivity index (χ0v) is 8.79. The van der Waals surface area contributed by atoms with Crippen molar-refractivity contribution in [2.75, 3.05) is 17.3 Å². The number of rotatable bonds is 3. The highest BCUT2D eigenvalue weighted by Gasteiger charge is 2.36. The number of hydrazine groups is 1. The fourth-order valence-corrected chi connectivity index (χ4v) is 4.66. The van der Waals surface area contributed by atoms with Gasteiger partial charge in [-0.1, -0.05) is 0 Å². The summed E-state index contributed by atoms with van der Waals surface area (Å²) in [5.74, 6) is 10.4. The summed E-state index contributed by atoms with van der Waals surface area (Å²) in [6, 6.07) is 0.586. The lowest BCUT2D eigenvalue weighted by Gasteiger charge is -2.28. The molecule has 2 fully saturated rings. The van der Waals surface area contributed by atoms with Gasteiger partial charge in [0.1, 0.15) is 0 Å². The van der Waals surface area contributed by atoms with E-state index >= 15 is 0 Å². The third kappa shape index (κ3) is 2.10. The molecule has 1 saturated carbocycles. The lowest BCUT2D eigenvalue weighted by molar-refractivity contribution is 0.474. The molecule has 2 nitrogen and oxygen atoms in total. The molecule has 1 saturated heterocycles. The second-order valence-corrected chi connectivity index (χ2v) is 6.01. The van der Waals surface area contributed by atoms with Gasteiger partial charge in [0.05, 0.1) is 0 Å².